The Morgan fingerprint density at radius 3 is 2.79 bits per heavy atom. The van der Waals surface area contributed by atoms with Gasteiger partial charge in [-0.25, -0.2) is 4.68 Å². The summed E-state index contributed by atoms with van der Waals surface area (Å²) in [5.41, 5.74) is 1.84. The summed E-state index contributed by atoms with van der Waals surface area (Å²) >= 11 is 12.0. The first-order chi connectivity index (χ1) is 14.0. The van der Waals surface area contributed by atoms with Crippen LogP contribution in [-0.2, 0) is 9.59 Å². The van der Waals surface area contributed by atoms with E-state index in [0.29, 0.717) is 32.9 Å². The molecule has 0 radical (unpaired) electrons. The van der Waals surface area contributed by atoms with Crippen molar-refractivity contribution < 1.29 is 14.3 Å². The number of aromatic nitrogens is 2. The Bertz CT molecular complexity index is 1110. The van der Waals surface area contributed by atoms with E-state index in [0.717, 1.165) is 5.56 Å². The predicted octanol–water partition coefficient (Wildman–Crippen LogP) is 4.39. The van der Waals surface area contributed by atoms with E-state index >= 15 is 0 Å². The summed E-state index contributed by atoms with van der Waals surface area (Å²) in [7, 11) is 1.57. The molecule has 7 nitrogen and oxygen atoms in total. The highest BCUT2D eigenvalue weighted by Gasteiger charge is 2.33. The molecule has 2 amide bonds. The summed E-state index contributed by atoms with van der Waals surface area (Å²) in [6.45, 7) is 0. The van der Waals surface area contributed by atoms with Crippen LogP contribution in [0, 0.1) is 0 Å². The maximum Gasteiger partial charge on any atom is 0.249 e. The number of amides is 2. The topological polar surface area (TPSA) is 85.2 Å². The first-order valence-corrected chi connectivity index (χ1v) is 9.50. The first kappa shape index (κ1) is 19.3. The molecule has 0 fully saturated rings. The highest BCUT2D eigenvalue weighted by Crippen LogP contribution is 2.38. The zero-order valence-electron chi connectivity index (χ0n) is 15.3. The van der Waals surface area contributed by atoms with Crippen LogP contribution in [0.5, 0.6) is 5.75 Å². The van der Waals surface area contributed by atoms with Gasteiger partial charge in [-0.3, -0.25) is 9.59 Å². The number of nitrogens with one attached hydrogen (secondary N) is 2. The SMILES string of the molecule is COc1ccccc1-c1cnn2c1NC(=O)CC2C(=O)Nc1ccc(Cl)cc1Cl. The molecule has 1 aliphatic heterocycles. The molecule has 9 heteroatoms. The fourth-order valence-electron chi connectivity index (χ4n) is 3.24. The Hall–Kier alpha value is -3.03. The number of benzene rings is 2. The van der Waals surface area contributed by atoms with Gasteiger partial charge in [0, 0.05) is 16.1 Å². The Morgan fingerprint density at radius 1 is 1.24 bits per heavy atom. The van der Waals surface area contributed by atoms with Gasteiger partial charge in [0.25, 0.3) is 0 Å². The molecule has 29 heavy (non-hydrogen) atoms. The molecular weight excluding hydrogens is 415 g/mol. The van der Waals surface area contributed by atoms with E-state index in [1.54, 1.807) is 25.4 Å². The van der Waals surface area contributed by atoms with E-state index in [1.165, 1.54) is 10.7 Å². The van der Waals surface area contributed by atoms with Crippen molar-refractivity contribution in [2.24, 2.45) is 0 Å². The van der Waals surface area contributed by atoms with Crippen molar-refractivity contribution in [1.29, 1.82) is 0 Å². The molecule has 0 saturated carbocycles. The van der Waals surface area contributed by atoms with Crippen LogP contribution in [0.2, 0.25) is 10.0 Å². The molecule has 1 unspecified atom stereocenters. The van der Waals surface area contributed by atoms with Crippen LogP contribution < -0.4 is 15.4 Å². The zero-order valence-corrected chi connectivity index (χ0v) is 16.8. The third-order valence-electron chi connectivity index (χ3n) is 4.62. The number of anilines is 2. The Labute approximate surface area is 176 Å². The molecule has 2 N–H and O–H groups in total. The average Bonchev–Trinajstić information content (AvgIpc) is 3.12. The number of rotatable bonds is 4. The van der Waals surface area contributed by atoms with Crippen molar-refractivity contribution >= 4 is 46.5 Å². The van der Waals surface area contributed by atoms with E-state index in [2.05, 4.69) is 15.7 Å². The summed E-state index contributed by atoms with van der Waals surface area (Å²) in [5, 5.41) is 10.7. The standard InChI is InChI=1S/C20H16Cl2N4O3/c1-29-17-5-3-2-4-12(17)13-10-23-26-16(9-18(27)25-19(13)26)20(28)24-15-7-6-11(21)8-14(15)22/h2-8,10,16H,9H2,1H3,(H,24,28)(H,25,27). The molecule has 148 valence electrons. The molecule has 4 rings (SSSR count). The third-order valence-corrected chi connectivity index (χ3v) is 5.16. The lowest BCUT2D eigenvalue weighted by Crippen LogP contribution is -2.35. The van der Waals surface area contributed by atoms with E-state index in [9.17, 15) is 9.59 Å². The molecule has 2 heterocycles. The van der Waals surface area contributed by atoms with Crippen LogP contribution in [0.15, 0.2) is 48.7 Å². The fraction of sp³-hybridized carbons (Fsp3) is 0.150. The van der Waals surface area contributed by atoms with Crippen molar-refractivity contribution in [2.75, 3.05) is 17.7 Å². The van der Waals surface area contributed by atoms with Gasteiger partial charge < -0.3 is 15.4 Å². The van der Waals surface area contributed by atoms with Crippen molar-refractivity contribution in [2.45, 2.75) is 12.5 Å². The smallest absolute Gasteiger partial charge is 0.249 e. The average molecular weight is 431 g/mol. The number of fused-ring (bicyclic) bond motifs is 1. The van der Waals surface area contributed by atoms with Gasteiger partial charge in [0.05, 0.1) is 30.4 Å². The monoisotopic (exact) mass is 430 g/mol. The minimum Gasteiger partial charge on any atom is -0.496 e. The second-order valence-electron chi connectivity index (χ2n) is 6.43. The van der Waals surface area contributed by atoms with E-state index in [-0.39, 0.29) is 12.3 Å². The first-order valence-electron chi connectivity index (χ1n) is 8.74. The number of methoxy groups -OCH3 is 1. The molecule has 0 bridgehead atoms. The normalized spacial score (nSPS) is 15.4. The molecule has 1 aromatic heterocycles. The van der Waals surface area contributed by atoms with E-state index in [4.69, 9.17) is 27.9 Å². The quantitative estimate of drug-likeness (QED) is 0.642. The fourth-order valence-corrected chi connectivity index (χ4v) is 3.70. The summed E-state index contributed by atoms with van der Waals surface area (Å²) in [4.78, 5) is 25.2. The van der Waals surface area contributed by atoms with Crippen LogP contribution in [0.25, 0.3) is 11.1 Å². The second-order valence-corrected chi connectivity index (χ2v) is 7.28. The molecule has 0 aliphatic carbocycles. The molecule has 0 spiro atoms. The van der Waals surface area contributed by atoms with Gasteiger partial charge >= 0.3 is 0 Å². The van der Waals surface area contributed by atoms with Gasteiger partial charge in [0.15, 0.2) is 0 Å². The number of halogens is 2. The van der Waals surface area contributed by atoms with E-state index in [1.807, 2.05) is 24.3 Å². The van der Waals surface area contributed by atoms with Crippen LogP contribution in [0.4, 0.5) is 11.5 Å². The third kappa shape index (κ3) is 3.66. The summed E-state index contributed by atoms with van der Waals surface area (Å²) < 4.78 is 6.91. The van der Waals surface area contributed by atoms with Gasteiger partial charge in [-0.2, -0.15) is 5.10 Å². The van der Waals surface area contributed by atoms with Crippen LogP contribution in [0.3, 0.4) is 0 Å². The van der Waals surface area contributed by atoms with Gasteiger partial charge in [-0.05, 0) is 24.3 Å². The Balaban J connectivity index is 1.69. The molecule has 1 atom stereocenters. The van der Waals surface area contributed by atoms with Crippen LogP contribution >= 0.6 is 23.2 Å². The second kappa shape index (κ2) is 7.77. The summed E-state index contributed by atoms with van der Waals surface area (Å²) in [6, 6.07) is 11.3. The largest absolute Gasteiger partial charge is 0.496 e. The summed E-state index contributed by atoms with van der Waals surface area (Å²) in [5.74, 6) is 0.390. The highest BCUT2D eigenvalue weighted by atomic mass is 35.5. The predicted molar refractivity (Wildman–Crippen MR) is 112 cm³/mol. The number of hydrogen-bond acceptors (Lipinski definition) is 4. The van der Waals surface area contributed by atoms with Crippen LogP contribution in [0.1, 0.15) is 12.5 Å². The summed E-state index contributed by atoms with van der Waals surface area (Å²) in [6.07, 6.45) is 1.56. The number of nitrogens with zero attached hydrogens (tertiary/aromatic N) is 2. The maximum absolute atomic E-state index is 12.9. The zero-order chi connectivity index (χ0) is 20.5. The lowest BCUT2D eigenvalue weighted by molar-refractivity contribution is -0.125. The van der Waals surface area contributed by atoms with Gasteiger partial charge in [0.2, 0.25) is 11.8 Å². The Kier molecular flexibility index (Phi) is 5.17. The Morgan fingerprint density at radius 2 is 2.03 bits per heavy atom. The molecule has 3 aromatic rings. The minimum absolute atomic E-state index is 0.0446. The van der Waals surface area contributed by atoms with Crippen molar-refractivity contribution in [3.63, 3.8) is 0 Å². The molecule has 0 saturated heterocycles. The lowest BCUT2D eigenvalue weighted by Gasteiger charge is -2.25. The molecule has 2 aromatic carbocycles. The number of hydrogen-bond donors (Lipinski definition) is 2. The highest BCUT2D eigenvalue weighted by molar-refractivity contribution is 6.36. The van der Waals surface area contributed by atoms with Crippen LogP contribution in [-0.4, -0.2) is 28.7 Å². The van der Waals surface area contributed by atoms with E-state index < -0.39 is 11.9 Å². The lowest BCUT2D eigenvalue weighted by atomic mass is 10.1. The number of carbonyl (C=O) groups is 2. The number of para-hydroxylation sites is 1. The molecule has 1 aliphatic rings. The molecular formula is C20H16Cl2N4O3. The minimum atomic E-state index is -0.825. The van der Waals surface area contributed by atoms with Crippen molar-refractivity contribution in [3.05, 3.63) is 58.7 Å². The van der Waals surface area contributed by atoms with Gasteiger partial charge in [0.1, 0.15) is 17.6 Å². The van der Waals surface area contributed by atoms with Crippen molar-refractivity contribution in [1.82, 2.24) is 9.78 Å². The van der Waals surface area contributed by atoms with Gasteiger partial charge in [-0.1, -0.05) is 41.4 Å². The maximum atomic E-state index is 12.9. The van der Waals surface area contributed by atoms with Crippen molar-refractivity contribution in [3.8, 4) is 16.9 Å². The number of carbonyl (C=O) groups excluding carboxylic acids is 2. The van der Waals surface area contributed by atoms with Gasteiger partial charge in [-0.15, -0.1) is 0 Å². The number of ether oxygens (including phenoxy) is 1.